The van der Waals surface area contributed by atoms with Gasteiger partial charge in [0.1, 0.15) is 0 Å². The predicted molar refractivity (Wildman–Crippen MR) is 64.1 cm³/mol. The van der Waals surface area contributed by atoms with Crippen molar-refractivity contribution >= 4 is 12.0 Å². The first-order valence-electron chi connectivity index (χ1n) is 5.49. The third-order valence-corrected chi connectivity index (χ3v) is 2.06. The zero-order valence-electron chi connectivity index (χ0n) is 10.5. The van der Waals surface area contributed by atoms with Gasteiger partial charge in [-0.3, -0.25) is 4.79 Å². The van der Waals surface area contributed by atoms with Gasteiger partial charge in [-0.15, -0.1) is 4.91 Å². The minimum Gasteiger partial charge on any atom is -0.481 e. The summed E-state index contributed by atoms with van der Waals surface area (Å²) >= 11 is 0. The molecule has 0 aliphatic carbocycles. The van der Waals surface area contributed by atoms with Crippen molar-refractivity contribution in [3.05, 3.63) is 4.91 Å². The Morgan fingerprint density at radius 1 is 1.29 bits per heavy atom. The Labute approximate surface area is 101 Å². The summed E-state index contributed by atoms with van der Waals surface area (Å²) in [6.07, 6.45) is 3.58. The molecule has 17 heavy (non-hydrogen) atoms. The molecule has 0 saturated carbocycles. The van der Waals surface area contributed by atoms with E-state index >= 15 is 0 Å². The average Bonchev–Trinajstić information content (AvgIpc) is 2.28. The second-order valence-corrected chi connectivity index (χ2v) is 3.56. The van der Waals surface area contributed by atoms with Gasteiger partial charge in [-0.1, -0.05) is 26.7 Å². The molecular weight excluding hydrogens is 226 g/mol. The van der Waals surface area contributed by atoms with Gasteiger partial charge in [0.2, 0.25) is 0 Å². The fraction of sp³-hybridized carbons (Fsp3) is 0.800. The summed E-state index contributed by atoms with van der Waals surface area (Å²) in [5.41, 5.74) is 4.54. The van der Waals surface area contributed by atoms with Crippen LogP contribution in [0.25, 0.3) is 0 Å². The third-order valence-electron chi connectivity index (χ3n) is 2.06. The molecule has 3 N–H and O–H groups in total. The van der Waals surface area contributed by atoms with Crippen LogP contribution in [0.5, 0.6) is 0 Å². The van der Waals surface area contributed by atoms with Gasteiger partial charge in [-0.2, -0.15) is 5.01 Å². The second-order valence-electron chi connectivity index (χ2n) is 3.56. The fourth-order valence-corrected chi connectivity index (χ4v) is 1.13. The molecule has 0 aromatic rings. The van der Waals surface area contributed by atoms with Crippen molar-refractivity contribution in [3.63, 3.8) is 0 Å². The highest BCUT2D eigenvalue weighted by atomic mass is 16.4. The van der Waals surface area contributed by atoms with Crippen molar-refractivity contribution < 1.29 is 14.7 Å². The smallest absolute Gasteiger partial charge is 0.337 e. The molecule has 0 fully saturated rings. The number of hydrogen-bond donors (Lipinski definition) is 2. The van der Waals surface area contributed by atoms with Crippen LogP contribution in [-0.4, -0.2) is 29.2 Å². The van der Waals surface area contributed by atoms with E-state index in [1.807, 2.05) is 13.8 Å². The first kappa shape index (κ1) is 17.7. The SMILES string of the molecule is CCCC(CCC)C(=O)O.CN(N=O)C(N)=O. The number of primary amides is 1. The van der Waals surface area contributed by atoms with Crippen molar-refractivity contribution in [3.8, 4) is 0 Å². The number of carbonyl (C=O) groups is 2. The van der Waals surface area contributed by atoms with E-state index < -0.39 is 12.0 Å². The van der Waals surface area contributed by atoms with Crippen molar-refractivity contribution in [2.45, 2.75) is 39.5 Å². The van der Waals surface area contributed by atoms with Gasteiger partial charge in [0.15, 0.2) is 0 Å². The van der Waals surface area contributed by atoms with Crippen LogP contribution in [0.4, 0.5) is 4.79 Å². The van der Waals surface area contributed by atoms with Crippen LogP contribution < -0.4 is 5.73 Å². The molecule has 2 amide bonds. The third kappa shape index (κ3) is 10.6. The maximum absolute atomic E-state index is 10.5. The second kappa shape index (κ2) is 10.8. The number of aliphatic carboxylic acids is 1. The average molecular weight is 247 g/mol. The summed E-state index contributed by atoms with van der Waals surface area (Å²) in [4.78, 5) is 29.6. The van der Waals surface area contributed by atoms with Gasteiger partial charge < -0.3 is 10.8 Å². The van der Waals surface area contributed by atoms with E-state index in [4.69, 9.17) is 5.11 Å². The Hall–Kier alpha value is -1.66. The Kier molecular flexibility index (Phi) is 11.3. The minimum absolute atomic E-state index is 0.102. The lowest BCUT2D eigenvalue weighted by molar-refractivity contribution is -0.142. The quantitative estimate of drug-likeness (QED) is 0.551. The molecule has 7 nitrogen and oxygen atoms in total. The van der Waals surface area contributed by atoms with Gasteiger partial charge in [-0.25, -0.2) is 4.79 Å². The molecule has 0 bridgehead atoms. The van der Waals surface area contributed by atoms with Gasteiger partial charge in [0, 0.05) is 7.05 Å². The van der Waals surface area contributed by atoms with Gasteiger partial charge in [-0.05, 0) is 12.8 Å². The van der Waals surface area contributed by atoms with Gasteiger partial charge in [0.05, 0.1) is 11.2 Å². The topological polar surface area (TPSA) is 113 Å². The van der Waals surface area contributed by atoms with Crippen molar-refractivity contribution in [1.82, 2.24) is 5.01 Å². The van der Waals surface area contributed by atoms with Crippen molar-refractivity contribution in [2.24, 2.45) is 16.9 Å². The molecule has 0 spiro atoms. The number of hydrogen-bond acceptors (Lipinski definition) is 4. The van der Waals surface area contributed by atoms with Crippen LogP contribution in [0.3, 0.4) is 0 Å². The van der Waals surface area contributed by atoms with E-state index in [2.05, 4.69) is 11.0 Å². The number of rotatable bonds is 6. The number of amides is 2. The molecule has 7 heteroatoms. The molecule has 0 aromatic heterocycles. The van der Waals surface area contributed by atoms with Crippen LogP contribution >= 0.6 is 0 Å². The van der Waals surface area contributed by atoms with Crippen LogP contribution in [-0.2, 0) is 4.79 Å². The van der Waals surface area contributed by atoms with E-state index in [0.717, 1.165) is 25.7 Å². The Morgan fingerprint density at radius 2 is 1.71 bits per heavy atom. The van der Waals surface area contributed by atoms with E-state index in [9.17, 15) is 14.5 Å². The number of carbonyl (C=O) groups excluding carboxylic acids is 1. The van der Waals surface area contributed by atoms with Crippen molar-refractivity contribution in [1.29, 1.82) is 0 Å². The van der Waals surface area contributed by atoms with E-state index in [1.54, 1.807) is 0 Å². The summed E-state index contributed by atoms with van der Waals surface area (Å²) < 4.78 is 0. The predicted octanol–water partition coefficient (Wildman–Crippen LogP) is 1.97. The van der Waals surface area contributed by atoms with E-state index in [1.165, 1.54) is 7.05 Å². The molecular formula is C10H21N3O4. The molecule has 0 saturated heterocycles. The molecule has 0 unspecified atom stereocenters. The van der Waals surface area contributed by atoms with Gasteiger partial charge in [0.25, 0.3) is 0 Å². The molecule has 0 aromatic carbocycles. The lowest BCUT2D eigenvalue weighted by atomic mass is 9.99. The molecule has 0 heterocycles. The normalized spacial score (nSPS) is 9.18. The number of nitrogens with two attached hydrogens (primary N) is 1. The Balaban J connectivity index is 0. The highest BCUT2D eigenvalue weighted by Crippen LogP contribution is 2.12. The first-order valence-corrected chi connectivity index (χ1v) is 5.49. The van der Waals surface area contributed by atoms with Crippen molar-refractivity contribution in [2.75, 3.05) is 7.05 Å². The lowest BCUT2D eigenvalue weighted by Crippen LogP contribution is -2.26. The molecule has 0 aliphatic heterocycles. The summed E-state index contributed by atoms with van der Waals surface area (Å²) in [7, 11) is 1.18. The Bertz CT molecular complexity index is 240. The molecule has 0 atom stereocenters. The van der Waals surface area contributed by atoms with E-state index in [-0.39, 0.29) is 5.92 Å². The molecule has 0 rings (SSSR count). The largest absolute Gasteiger partial charge is 0.481 e. The summed E-state index contributed by atoms with van der Waals surface area (Å²) in [5, 5.41) is 11.3. The number of carboxylic acids is 1. The summed E-state index contributed by atoms with van der Waals surface area (Å²) in [6, 6.07) is -0.852. The zero-order valence-corrected chi connectivity index (χ0v) is 10.5. The molecule has 0 aliphatic rings. The first-order chi connectivity index (χ1) is 7.90. The maximum atomic E-state index is 10.5. The lowest BCUT2D eigenvalue weighted by Gasteiger charge is -2.07. The number of carboxylic acid groups (broad SMARTS) is 1. The fourth-order valence-electron chi connectivity index (χ4n) is 1.13. The number of urea groups is 1. The number of nitroso groups, excluding NO2 is 1. The van der Waals surface area contributed by atoms with E-state index in [0.29, 0.717) is 5.01 Å². The monoisotopic (exact) mass is 247 g/mol. The standard InChI is InChI=1S/C8H16O2.C2H5N3O2/c1-3-5-7(6-4-2)8(9)10;1-5(4-7)2(3)6/h7H,3-6H2,1-2H3,(H,9,10);1H3,(H2,3,6). The van der Waals surface area contributed by atoms with Crippen LogP contribution in [0, 0.1) is 10.8 Å². The molecule has 100 valence electrons. The maximum Gasteiger partial charge on any atom is 0.337 e. The summed E-state index contributed by atoms with van der Waals surface area (Å²) in [5.74, 6) is -0.737. The molecule has 0 radical (unpaired) electrons. The Morgan fingerprint density at radius 3 is 1.82 bits per heavy atom. The number of nitrogens with zero attached hydrogens (tertiary/aromatic N) is 2. The summed E-state index contributed by atoms with van der Waals surface area (Å²) in [6.45, 7) is 4.04. The minimum atomic E-state index is -0.852. The van der Waals surface area contributed by atoms with Crippen LogP contribution in [0.2, 0.25) is 0 Å². The van der Waals surface area contributed by atoms with Crippen LogP contribution in [0.15, 0.2) is 5.29 Å². The van der Waals surface area contributed by atoms with Gasteiger partial charge >= 0.3 is 12.0 Å². The zero-order chi connectivity index (χ0) is 13.8. The van der Waals surface area contributed by atoms with Crippen LogP contribution in [0.1, 0.15) is 39.5 Å². The highest BCUT2D eigenvalue weighted by Gasteiger charge is 2.13. The highest BCUT2D eigenvalue weighted by molar-refractivity contribution is 5.71.